The van der Waals surface area contributed by atoms with Gasteiger partial charge in [0.1, 0.15) is 0 Å². The first-order valence-corrected chi connectivity index (χ1v) is 12.0. The highest BCUT2D eigenvalue weighted by molar-refractivity contribution is 7.93. The Kier molecular flexibility index (Phi) is 6.27. The predicted molar refractivity (Wildman–Crippen MR) is 117 cm³/mol. The molecule has 0 radical (unpaired) electrons. The minimum absolute atomic E-state index is 0.0106. The van der Waals surface area contributed by atoms with E-state index in [-0.39, 0.29) is 27.7 Å². The van der Waals surface area contributed by atoms with Crippen molar-refractivity contribution >= 4 is 37.1 Å². The van der Waals surface area contributed by atoms with Crippen LogP contribution in [-0.2, 0) is 20.0 Å². The van der Waals surface area contributed by atoms with Crippen molar-refractivity contribution in [3.63, 3.8) is 0 Å². The molecule has 9 nitrogen and oxygen atoms in total. The first-order valence-electron chi connectivity index (χ1n) is 9.10. The summed E-state index contributed by atoms with van der Waals surface area (Å²) in [5.74, 6) is 0. The van der Waals surface area contributed by atoms with Gasteiger partial charge in [0.2, 0.25) is 0 Å². The van der Waals surface area contributed by atoms with Crippen LogP contribution in [0.15, 0.2) is 88.7 Å². The van der Waals surface area contributed by atoms with Gasteiger partial charge in [0.25, 0.3) is 25.7 Å². The van der Waals surface area contributed by atoms with Crippen LogP contribution >= 0.6 is 0 Å². The molecule has 31 heavy (non-hydrogen) atoms. The third-order valence-electron chi connectivity index (χ3n) is 4.38. The van der Waals surface area contributed by atoms with Crippen LogP contribution in [0.5, 0.6) is 0 Å². The van der Waals surface area contributed by atoms with Crippen molar-refractivity contribution in [3.05, 3.63) is 89.0 Å². The van der Waals surface area contributed by atoms with Crippen LogP contribution < -0.4 is 9.03 Å². The van der Waals surface area contributed by atoms with Crippen molar-refractivity contribution in [1.29, 1.82) is 0 Å². The van der Waals surface area contributed by atoms with Crippen molar-refractivity contribution < 1.29 is 21.8 Å². The van der Waals surface area contributed by atoms with Gasteiger partial charge in [0.15, 0.2) is 0 Å². The van der Waals surface area contributed by atoms with Crippen molar-refractivity contribution in [2.45, 2.75) is 16.7 Å². The minimum atomic E-state index is -4.00. The van der Waals surface area contributed by atoms with Crippen molar-refractivity contribution in [1.82, 2.24) is 0 Å². The summed E-state index contributed by atoms with van der Waals surface area (Å²) in [5, 5.41) is 10.7. The third kappa shape index (κ3) is 4.84. The molecule has 3 aromatic carbocycles. The molecule has 3 aromatic rings. The number of nitro groups is 1. The minimum Gasteiger partial charge on any atom is -0.280 e. The van der Waals surface area contributed by atoms with Crippen LogP contribution in [-0.4, -0.2) is 28.3 Å². The Morgan fingerprint density at radius 2 is 1.39 bits per heavy atom. The topological polar surface area (TPSA) is 127 Å². The van der Waals surface area contributed by atoms with Gasteiger partial charge < -0.3 is 0 Å². The monoisotopic (exact) mass is 461 g/mol. The van der Waals surface area contributed by atoms with Gasteiger partial charge >= 0.3 is 0 Å². The Hall–Kier alpha value is -3.44. The fraction of sp³-hybridized carbons (Fsp3) is 0.100. The molecule has 1 N–H and O–H groups in total. The van der Waals surface area contributed by atoms with Crippen LogP contribution in [0.2, 0.25) is 0 Å². The Balaban J connectivity index is 1.83. The number of hydrogen-bond donors (Lipinski definition) is 1. The number of hydrogen-bond acceptors (Lipinski definition) is 6. The molecule has 0 aliphatic rings. The number of benzene rings is 3. The summed E-state index contributed by atoms with van der Waals surface area (Å²) < 4.78 is 54.6. The number of nitro benzene ring substituents is 1. The van der Waals surface area contributed by atoms with Crippen molar-refractivity contribution in [2.75, 3.05) is 15.6 Å². The number of para-hydroxylation sites is 1. The average Bonchev–Trinajstić information content (AvgIpc) is 2.75. The Morgan fingerprint density at radius 1 is 0.839 bits per heavy atom. The molecule has 0 spiro atoms. The fourth-order valence-corrected chi connectivity index (χ4v) is 5.40. The largest absolute Gasteiger partial charge is 0.280 e. The number of anilines is 2. The molecule has 0 aliphatic carbocycles. The zero-order valence-electron chi connectivity index (χ0n) is 16.4. The predicted octanol–water partition coefficient (Wildman–Crippen LogP) is 3.61. The number of nitrogens with one attached hydrogen (secondary N) is 1. The van der Waals surface area contributed by atoms with Crippen molar-refractivity contribution in [2.24, 2.45) is 0 Å². The molecule has 0 fully saturated rings. The Labute approximate surface area is 180 Å². The highest BCUT2D eigenvalue weighted by atomic mass is 32.2. The number of non-ortho nitro benzene ring substituents is 1. The molecule has 0 unspecified atom stereocenters. The normalized spacial score (nSPS) is 11.6. The maximum atomic E-state index is 13.0. The Morgan fingerprint density at radius 3 is 1.90 bits per heavy atom. The van der Waals surface area contributed by atoms with E-state index in [4.69, 9.17) is 0 Å². The van der Waals surface area contributed by atoms with E-state index in [1.807, 2.05) is 0 Å². The highest BCUT2D eigenvalue weighted by Gasteiger charge is 2.24. The molecule has 11 heteroatoms. The second kappa shape index (κ2) is 8.74. The molecule has 0 aromatic heterocycles. The number of nitrogens with zero attached hydrogens (tertiary/aromatic N) is 2. The summed E-state index contributed by atoms with van der Waals surface area (Å²) in [4.78, 5) is 9.94. The van der Waals surface area contributed by atoms with E-state index in [0.29, 0.717) is 5.69 Å². The lowest BCUT2D eigenvalue weighted by Crippen LogP contribution is -2.30. The molecule has 0 amide bonds. The summed E-state index contributed by atoms with van der Waals surface area (Å²) in [6.45, 7) is 1.94. The molecular weight excluding hydrogens is 442 g/mol. The first-order chi connectivity index (χ1) is 14.6. The lowest BCUT2D eigenvalue weighted by Gasteiger charge is -2.23. The van der Waals surface area contributed by atoms with E-state index in [0.717, 1.165) is 24.3 Å². The first kappa shape index (κ1) is 22.2. The van der Waals surface area contributed by atoms with Crippen LogP contribution in [0.4, 0.5) is 17.1 Å². The maximum Gasteiger partial charge on any atom is 0.269 e. The molecule has 3 rings (SSSR count). The van der Waals surface area contributed by atoms with Gasteiger partial charge in [0.05, 0.1) is 20.4 Å². The SMILES string of the molecule is CCN(c1ccccc1)S(=O)(=O)c1ccc(NS(=O)(=O)c2ccc([N+](=O)[O-])cc2)cc1. The molecule has 0 heterocycles. The van der Waals surface area contributed by atoms with Gasteiger partial charge in [-0.3, -0.25) is 19.1 Å². The van der Waals surface area contributed by atoms with Crippen LogP contribution in [0, 0.1) is 10.1 Å². The van der Waals surface area contributed by atoms with Gasteiger partial charge in [-0.05, 0) is 55.5 Å². The fourth-order valence-electron chi connectivity index (χ4n) is 2.87. The van der Waals surface area contributed by atoms with Gasteiger partial charge in [-0.2, -0.15) is 0 Å². The molecule has 0 aliphatic heterocycles. The van der Waals surface area contributed by atoms with Gasteiger partial charge in [-0.1, -0.05) is 18.2 Å². The van der Waals surface area contributed by atoms with E-state index < -0.39 is 25.0 Å². The number of rotatable bonds is 8. The smallest absolute Gasteiger partial charge is 0.269 e. The zero-order chi connectivity index (χ0) is 22.6. The number of sulfonamides is 2. The molecule has 162 valence electrons. The van der Waals surface area contributed by atoms with Gasteiger partial charge in [-0.15, -0.1) is 0 Å². The average molecular weight is 462 g/mol. The summed E-state index contributed by atoms with van der Waals surface area (Å²) in [5.41, 5.74) is 0.445. The van der Waals surface area contributed by atoms with E-state index in [9.17, 15) is 26.9 Å². The standard InChI is InChI=1S/C20H19N3O6S2/c1-2-22(17-6-4-3-5-7-17)31(28,29)20-12-8-16(9-13-20)21-30(26,27)19-14-10-18(11-15-19)23(24)25/h3-15,21H,2H2,1H3. The second-order valence-electron chi connectivity index (χ2n) is 6.39. The molecule has 0 bridgehead atoms. The highest BCUT2D eigenvalue weighted by Crippen LogP contribution is 2.25. The van der Waals surface area contributed by atoms with E-state index in [1.54, 1.807) is 37.3 Å². The summed E-state index contributed by atoms with van der Waals surface area (Å²) in [6, 6.07) is 18.4. The quantitative estimate of drug-likeness (QED) is 0.403. The second-order valence-corrected chi connectivity index (χ2v) is 9.93. The zero-order valence-corrected chi connectivity index (χ0v) is 18.0. The lowest BCUT2D eigenvalue weighted by atomic mass is 10.3. The summed E-state index contributed by atoms with van der Waals surface area (Å²) >= 11 is 0. The van der Waals surface area contributed by atoms with E-state index in [1.165, 1.54) is 28.6 Å². The lowest BCUT2D eigenvalue weighted by molar-refractivity contribution is -0.384. The van der Waals surface area contributed by atoms with E-state index in [2.05, 4.69) is 4.72 Å². The molecular formula is C20H19N3O6S2. The van der Waals surface area contributed by atoms with E-state index >= 15 is 0 Å². The van der Waals surface area contributed by atoms with Gasteiger partial charge in [0, 0.05) is 24.4 Å². The van der Waals surface area contributed by atoms with Crippen LogP contribution in [0.25, 0.3) is 0 Å². The molecule has 0 saturated carbocycles. The molecule has 0 atom stereocenters. The summed E-state index contributed by atoms with van der Waals surface area (Å²) in [7, 11) is -7.84. The third-order valence-corrected chi connectivity index (χ3v) is 7.70. The Bertz CT molecular complexity index is 1280. The molecule has 0 saturated heterocycles. The maximum absolute atomic E-state index is 13.0. The van der Waals surface area contributed by atoms with Gasteiger partial charge in [-0.25, -0.2) is 16.8 Å². The van der Waals surface area contributed by atoms with Crippen LogP contribution in [0.3, 0.4) is 0 Å². The van der Waals surface area contributed by atoms with Crippen LogP contribution in [0.1, 0.15) is 6.92 Å². The van der Waals surface area contributed by atoms with Crippen molar-refractivity contribution in [3.8, 4) is 0 Å². The summed E-state index contributed by atoms with van der Waals surface area (Å²) in [6.07, 6.45) is 0.